The fourth-order valence-electron chi connectivity index (χ4n) is 2.24. The van der Waals surface area contributed by atoms with Crippen LogP contribution in [0.25, 0.3) is 0 Å². The van der Waals surface area contributed by atoms with Crippen molar-refractivity contribution in [2.75, 3.05) is 32.8 Å². The average Bonchev–Trinajstić information content (AvgIpc) is 2.54. The van der Waals surface area contributed by atoms with Crippen molar-refractivity contribution < 1.29 is 24.2 Å². The van der Waals surface area contributed by atoms with Crippen LogP contribution in [0, 0.1) is 0 Å². The Balaban J connectivity index is 1.86. The summed E-state index contributed by atoms with van der Waals surface area (Å²) in [4.78, 5) is 38.3. The molecule has 1 aromatic rings. The number of carbonyl (C=O) groups is 3. The van der Waals surface area contributed by atoms with Crippen LogP contribution in [0.5, 0.6) is 5.75 Å². The van der Waals surface area contributed by atoms with Crippen LogP contribution in [0.2, 0.25) is 5.02 Å². The SMILES string of the molecule is CC(=O)N1CCN(C(=O)COC(=O)c2cc(Cl)ccc2O)CC1. The molecule has 8 heteroatoms. The van der Waals surface area contributed by atoms with Crippen molar-refractivity contribution >= 4 is 29.4 Å². The molecule has 1 heterocycles. The molecule has 0 radical (unpaired) electrons. The number of amides is 2. The highest BCUT2D eigenvalue weighted by Crippen LogP contribution is 2.22. The average molecular weight is 341 g/mol. The lowest BCUT2D eigenvalue weighted by Gasteiger charge is -2.34. The second kappa shape index (κ2) is 7.32. The van der Waals surface area contributed by atoms with E-state index >= 15 is 0 Å². The van der Waals surface area contributed by atoms with E-state index in [4.69, 9.17) is 16.3 Å². The van der Waals surface area contributed by atoms with E-state index < -0.39 is 12.6 Å². The third-order valence-electron chi connectivity index (χ3n) is 3.58. The number of hydrogen-bond donors (Lipinski definition) is 1. The van der Waals surface area contributed by atoms with Crippen molar-refractivity contribution in [2.45, 2.75) is 6.92 Å². The Labute approximate surface area is 138 Å². The predicted octanol–water partition coefficient (Wildman–Crippen LogP) is 0.893. The Bertz CT molecular complexity index is 626. The van der Waals surface area contributed by atoms with E-state index in [1.807, 2.05) is 0 Å². The number of nitrogens with zero attached hydrogens (tertiary/aromatic N) is 2. The molecule has 0 aliphatic carbocycles. The molecule has 0 atom stereocenters. The number of carbonyl (C=O) groups excluding carboxylic acids is 3. The van der Waals surface area contributed by atoms with Crippen molar-refractivity contribution in [3.05, 3.63) is 28.8 Å². The summed E-state index contributed by atoms with van der Waals surface area (Å²) in [5.74, 6) is -1.45. The van der Waals surface area contributed by atoms with Gasteiger partial charge >= 0.3 is 5.97 Å². The number of piperazine rings is 1. The molecule has 124 valence electrons. The van der Waals surface area contributed by atoms with E-state index in [-0.39, 0.29) is 28.1 Å². The summed E-state index contributed by atoms with van der Waals surface area (Å²) >= 11 is 5.76. The van der Waals surface area contributed by atoms with Crippen LogP contribution in [0.3, 0.4) is 0 Å². The fraction of sp³-hybridized carbons (Fsp3) is 0.400. The molecule has 0 saturated carbocycles. The van der Waals surface area contributed by atoms with Gasteiger partial charge in [-0.2, -0.15) is 0 Å². The zero-order chi connectivity index (χ0) is 17.0. The molecule has 1 fully saturated rings. The van der Waals surface area contributed by atoms with Gasteiger partial charge in [0.25, 0.3) is 5.91 Å². The van der Waals surface area contributed by atoms with Crippen LogP contribution in [-0.4, -0.2) is 65.5 Å². The number of halogens is 1. The first kappa shape index (κ1) is 17.1. The molecular weight excluding hydrogens is 324 g/mol. The largest absolute Gasteiger partial charge is 0.507 e. The van der Waals surface area contributed by atoms with Crippen molar-refractivity contribution in [1.29, 1.82) is 0 Å². The first-order valence-electron chi connectivity index (χ1n) is 7.07. The molecule has 23 heavy (non-hydrogen) atoms. The lowest BCUT2D eigenvalue weighted by Crippen LogP contribution is -2.51. The van der Waals surface area contributed by atoms with Crippen LogP contribution in [0.1, 0.15) is 17.3 Å². The van der Waals surface area contributed by atoms with E-state index in [9.17, 15) is 19.5 Å². The molecule has 0 spiro atoms. The molecule has 1 aliphatic rings. The van der Waals surface area contributed by atoms with Crippen LogP contribution in [0.4, 0.5) is 0 Å². The highest BCUT2D eigenvalue weighted by Gasteiger charge is 2.23. The van der Waals surface area contributed by atoms with Gasteiger partial charge in [-0.1, -0.05) is 11.6 Å². The van der Waals surface area contributed by atoms with Gasteiger partial charge < -0.3 is 19.6 Å². The molecule has 7 nitrogen and oxygen atoms in total. The lowest BCUT2D eigenvalue weighted by atomic mass is 10.2. The third kappa shape index (κ3) is 4.35. The summed E-state index contributed by atoms with van der Waals surface area (Å²) in [5, 5.41) is 9.89. The molecule has 0 unspecified atom stereocenters. The summed E-state index contributed by atoms with van der Waals surface area (Å²) in [6, 6.07) is 3.99. The first-order chi connectivity index (χ1) is 10.9. The zero-order valence-electron chi connectivity index (χ0n) is 12.6. The number of esters is 1. The molecule has 1 aromatic carbocycles. The molecule has 0 bridgehead atoms. The zero-order valence-corrected chi connectivity index (χ0v) is 13.4. The van der Waals surface area contributed by atoms with Crippen LogP contribution >= 0.6 is 11.6 Å². The summed E-state index contributed by atoms with van der Waals surface area (Å²) in [7, 11) is 0. The molecule has 0 aromatic heterocycles. The number of phenols is 1. The first-order valence-corrected chi connectivity index (χ1v) is 7.45. The molecule has 2 rings (SSSR count). The fourth-order valence-corrected chi connectivity index (χ4v) is 2.41. The molecule has 1 aliphatic heterocycles. The number of rotatable bonds is 3. The van der Waals surface area contributed by atoms with Crippen LogP contribution < -0.4 is 0 Å². The highest BCUT2D eigenvalue weighted by atomic mass is 35.5. The summed E-state index contributed by atoms with van der Waals surface area (Å²) in [6.45, 7) is 2.78. The lowest BCUT2D eigenvalue weighted by molar-refractivity contribution is -0.140. The quantitative estimate of drug-likeness (QED) is 0.826. The second-order valence-electron chi connectivity index (χ2n) is 5.12. The minimum Gasteiger partial charge on any atom is -0.507 e. The Morgan fingerprint density at radius 3 is 2.39 bits per heavy atom. The van der Waals surface area contributed by atoms with Gasteiger partial charge in [-0.3, -0.25) is 9.59 Å². The Morgan fingerprint density at radius 2 is 1.78 bits per heavy atom. The standard InChI is InChI=1S/C15H17ClN2O5/c1-10(19)17-4-6-18(7-5-17)14(21)9-23-15(22)12-8-11(16)2-3-13(12)20/h2-3,8,20H,4-7,9H2,1H3. The minimum atomic E-state index is -0.819. The predicted molar refractivity (Wildman–Crippen MR) is 82.2 cm³/mol. The smallest absolute Gasteiger partial charge is 0.342 e. The van der Waals surface area contributed by atoms with E-state index in [1.165, 1.54) is 30.0 Å². The monoisotopic (exact) mass is 340 g/mol. The Kier molecular flexibility index (Phi) is 5.44. The second-order valence-corrected chi connectivity index (χ2v) is 5.56. The number of phenolic OH excluding ortho intramolecular Hbond substituents is 1. The van der Waals surface area contributed by atoms with E-state index in [0.717, 1.165) is 0 Å². The number of hydrogen-bond acceptors (Lipinski definition) is 5. The van der Waals surface area contributed by atoms with Gasteiger partial charge in [0.2, 0.25) is 5.91 Å². The summed E-state index contributed by atoms with van der Waals surface area (Å²) in [6.07, 6.45) is 0. The van der Waals surface area contributed by atoms with Gasteiger partial charge in [-0.25, -0.2) is 4.79 Å². The summed E-state index contributed by atoms with van der Waals surface area (Å²) in [5.41, 5.74) is -0.0910. The van der Waals surface area contributed by atoms with Gasteiger partial charge in [0.15, 0.2) is 6.61 Å². The van der Waals surface area contributed by atoms with Crippen LogP contribution in [0.15, 0.2) is 18.2 Å². The van der Waals surface area contributed by atoms with Gasteiger partial charge in [-0.15, -0.1) is 0 Å². The minimum absolute atomic E-state index is 0.0278. The number of ether oxygens (including phenoxy) is 1. The molecular formula is C15H17ClN2O5. The number of benzene rings is 1. The van der Waals surface area contributed by atoms with E-state index in [0.29, 0.717) is 26.2 Å². The normalized spacial score (nSPS) is 14.5. The Hall–Kier alpha value is -2.28. The van der Waals surface area contributed by atoms with Gasteiger partial charge in [-0.05, 0) is 18.2 Å². The van der Waals surface area contributed by atoms with Crippen molar-refractivity contribution in [2.24, 2.45) is 0 Å². The van der Waals surface area contributed by atoms with Gasteiger partial charge in [0.05, 0.1) is 0 Å². The third-order valence-corrected chi connectivity index (χ3v) is 3.82. The maximum Gasteiger partial charge on any atom is 0.342 e. The van der Waals surface area contributed by atoms with Gasteiger partial charge in [0, 0.05) is 38.1 Å². The molecule has 1 saturated heterocycles. The summed E-state index contributed by atoms with van der Waals surface area (Å²) < 4.78 is 4.92. The van der Waals surface area contributed by atoms with Crippen LogP contribution in [-0.2, 0) is 14.3 Å². The number of aromatic hydroxyl groups is 1. The topological polar surface area (TPSA) is 87.2 Å². The molecule has 1 N–H and O–H groups in total. The Morgan fingerprint density at radius 1 is 1.17 bits per heavy atom. The van der Waals surface area contributed by atoms with Crippen molar-refractivity contribution in [1.82, 2.24) is 9.80 Å². The van der Waals surface area contributed by atoms with Crippen molar-refractivity contribution in [3.63, 3.8) is 0 Å². The maximum absolute atomic E-state index is 12.0. The van der Waals surface area contributed by atoms with Crippen molar-refractivity contribution in [3.8, 4) is 5.75 Å². The molecule has 2 amide bonds. The maximum atomic E-state index is 12.0. The van der Waals surface area contributed by atoms with E-state index in [2.05, 4.69) is 0 Å². The van der Waals surface area contributed by atoms with Gasteiger partial charge in [0.1, 0.15) is 11.3 Å². The van der Waals surface area contributed by atoms with E-state index in [1.54, 1.807) is 4.90 Å². The highest BCUT2D eigenvalue weighted by molar-refractivity contribution is 6.31.